The van der Waals surface area contributed by atoms with E-state index in [2.05, 4.69) is 52.3 Å². The van der Waals surface area contributed by atoms with Crippen molar-refractivity contribution in [1.82, 2.24) is 14.7 Å². The fourth-order valence-electron chi connectivity index (χ4n) is 7.05. The van der Waals surface area contributed by atoms with Crippen LogP contribution in [0.1, 0.15) is 55.7 Å². The molecule has 2 fully saturated rings. The Kier molecular flexibility index (Phi) is 9.39. The van der Waals surface area contributed by atoms with Crippen LogP contribution in [0.5, 0.6) is 5.75 Å². The molecule has 3 aliphatic heterocycles. The number of ether oxygens (including phenoxy) is 1. The molecule has 7 nitrogen and oxygen atoms in total. The number of nitrogens with zero attached hydrogens (tertiary/aromatic N) is 4. The summed E-state index contributed by atoms with van der Waals surface area (Å²) in [6.45, 7) is 7.51. The highest BCUT2D eigenvalue weighted by Crippen LogP contribution is 2.32. The van der Waals surface area contributed by atoms with Gasteiger partial charge in [-0.3, -0.25) is 19.4 Å². The van der Waals surface area contributed by atoms with E-state index in [4.69, 9.17) is 4.74 Å². The molecule has 2 saturated heterocycles. The quantitative estimate of drug-likeness (QED) is 0.371. The zero-order chi connectivity index (χ0) is 29.6. The summed E-state index contributed by atoms with van der Waals surface area (Å²) >= 11 is 0. The van der Waals surface area contributed by atoms with Crippen LogP contribution in [0.25, 0.3) is 0 Å². The van der Waals surface area contributed by atoms with Crippen molar-refractivity contribution in [1.29, 1.82) is 0 Å². The smallest absolute Gasteiger partial charge is 0.260 e. The number of amides is 2. The van der Waals surface area contributed by atoms with E-state index in [-0.39, 0.29) is 24.5 Å². The molecule has 3 aliphatic rings. The molecule has 7 heteroatoms. The molecule has 3 aromatic carbocycles. The Morgan fingerprint density at radius 3 is 2.23 bits per heavy atom. The molecule has 6 rings (SSSR count). The van der Waals surface area contributed by atoms with Crippen molar-refractivity contribution in [2.75, 3.05) is 37.7 Å². The Bertz CT molecular complexity index is 1370. The molecular formula is C36H44N4O3. The minimum atomic E-state index is -0.0346. The highest BCUT2D eigenvalue weighted by atomic mass is 16.5. The second-order valence-corrected chi connectivity index (χ2v) is 12.3. The molecule has 0 N–H and O–H groups in total. The third kappa shape index (κ3) is 7.28. The molecule has 0 radical (unpaired) electrons. The molecule has 2 atom stereocenters. The SMILES string of the molecule is CC(=O)N1CC[C@@H]2CC[C@H](CN(C(=O)COc3ccc(CN4CCCC4)cc3)Cc3ccccc31)N2Cc1ccccc1. The highest BCUT2D eigenvalue weighted by Gasteiger charge is 2.36. The van der Waals surface area contributed by atoms with Crippen LogP contribution in [0, 0.1) is 0 Å². The molecule has 0 aliphatic carbocycles. The Hall–Kier alpha value is -3.68. The lowest BCUT2D eigenvalue weighted by molar-refractivity contribution is -0.134. The van der Waals surface area contributed by atoms with Crippen LogP contribution in [0.3, 0.4) is 0 Å². The predicted octanol–water partition coefficient (Wildman–Crippen LogP) is 5.48. The molecule has 0 spiro atoms. The second kappa shape index (κ2) is 13.7. The molecule has 0 saturated carbocycles. The third-order valence-corrected chi connectivity index (χ3v) is 9.36. The number of carbonyl (C=O) groups excluding carboxylic acids is 2. The molecule has 3 aromatic rings. The molecule has 2 bridgehead atoms. The second-order valence-electron chi connectivity index (χ2n) is 12.3. The summed E-state index contributed by atoms with van der Waals surface area (Å²) in [5.41, 5.74) is 4.43. The van der Waals surface area contributed by atoms with Crippen molar-refractivity contribution in [2.45, 2.75) is 70.7 Å². The summed E-state index contributed by atoms with van der Waals surface area (Å²) in [7, 11) is 0. The van der Waals surface area contributed by atoms with Crippen molar-refractivity contribution in [2.24, 2.45) is 0 Å². The Labute approximate surface area is 256 Å². The Morgan fingerprint density at radius 2 is 1.47 bits per heavy atom. The Balaban J connectivity index is 1.21. The van der Waals surface area contributed by atoms with Crippen molar-refractivity contribution < 1.29 is 14.3 Å². The van der Waals surface area contributed by atoms with Crippen molar-refractivity contribution in [3.05, 3.63) is 95.6 Å². The van der Waals surface area contributed by atoms with Crippen molar-refractivity contribution in [3.63, 3.8) is 0 Å². The number of carbonyl (C=O) groups is 2. The van der Waals surface area contributed by atoms with Gasteiger partial charge in [-0.25, -0.2) is 0 Å². The van der Waals surface area contributed by atoms with Gasteiger partial charge < -0.3 is 14.5 Å². The number of rotatable bonds is 7. The standard InChI is InChI=1S/C36H44N4O3/c1-28(41)39-22-19-32-15-16-33(40(32)24-29-9-3-2-4-10-29)26-38(25-31-11-5-6-12-35(31)39)36(42)27-43-34-17-13-30(14-18-34)23-37-20-7-8-21-37/h2-6,9-14,17-18,32-33H,7-8,15-16,19-27H2,1H3/t32-,33+/m0/s1. The van der Waals surface area contributed by atoms with E-state index in [1.54, 1.807) is 6.92 Å². The van der Waals surface area contributed by atoms with E-state index in [0.717, 1.165) is 43.6 Å². The lowest BCUT2D eigenvalue weighted by Gasteiger charge is -2.34. The molecular weight excluding hydrogens is 536 g/mol. The van der Waals surface area contributed by atoms with Gasteiger partial charge in [0.05, 0.1) is 0 Å². The minimum Gasteiger partial charge on any atom is -0.484 e. The van der Waals surface area contributed by atoms with E-state index < -0.39 is 0 Å². The maximum atomic E-state index is 13.9. The normalized spacial score (nSPS) is 21.3. The monoisotopic (exact) mass is 580 g/mol. The average Bonchev–Trinajstić information content (AvgIpc) is 3.66. The van der Waals surface area contributed by atoms with Gasteiger partial charge in [0, 0.05) is 57.4 Å². The summed E-state index contributed by atoms with van der Waals surface area (Å²) < 4.78 is 6.06. The molecule has 3 heterocycles. The van der Waals surface area contributed by atoms with E-state index in [1.165, 1.54) is 37.1 Å². The van der Waals surface area contributed by atoms with Crippen LogP contribution in [0.2, 0.25) is 0 Å². The number of hydrogen-bond acceptors (Lipinski definition) is 5. The number of hydrogen-bond donors (Lipinski definition) is 0. The first-order valence-corrected chi connectivity index (χ1v) is 15.9. The molecule has 2 amide bonds. The minimum absolute atomic E-state index is 0.0150. The summed E-state index contributed by atoms with van der Waals surface area (Å²) in [4.78, 5) is 35.7. The van der Waals surface area contributed by atoms with Crippen LogP contribution < -0.4 is 9.64 Å². The van der Waals surface area contributed by atoms with Crippen molar-refractivity contribution in [3.8, 4) is 5.75 Å². The molecule has 43 heavy (non-hydrogen) atoms. The first kappa shape index (κ1) is 29.4. The van der Waals surface area contributed by atoms with Gasteiger partial charge in [0.2, 0.25) is 5.91 Å². The van der Waals surface area contributed by atoms with Gasteiger partial charge in [0.1, 0.15) is 5.75 Å². The summed E-state index contributed by atoms with van der Waals surface area (Å²) in [6, 6.07) is 27.4. The topological polar surface area (TPSA) is 56.3 Å². The predicted molar refractivity (Wildman–Crippen MR) is 170 cm³/mol. The van der Waals surface area contributed by atoms with Crippen LogP contribution in [0.15, 0.2) is 78.9 Å². The molecule has 0 aromatic heterocycles. The third-order valence-electron chi connectivity index (χ3n) is 9.36. The van der Waals surface area contributed by atoms with Crippen molar-refractivity contribution >= 4 is 17.5 Å². The number of fused-ring (bicyclic) bond motifs is 3. The Morgan fingerprint density at radius 1 is 0.767 bits per heavy atom. The number of likely N-dealkylation sites (tertiary alicyclic amines) is 1. The summed E-state index contributed by atoms with van der Waals surface area (Å²) in [6.07, 6.45) is 5.56. The van der Waals surface area contributed by atoms with Gasteiger partial charge in [-0.1, -0.05) is 60.7 Å². The van der Waals surface area contributed by atoms with Crippen LogP contribution >= 0.6 is 0 Å². The van der Waals surface area contributed by atoms with Gasteiger partial charge in [-0.2, -0.15) is 0 Å². The van der Waals surface area contributed by atoms with Crippen LogP contribution in [0.4, 0.5) is 5.69 Å². The van der Waals surface area contributed by atoms with Gasteiger partial charge in [-0.05, 0) is 80.1 Å². The van der Waals surface area contributed by atoms with Gasteiger partial charge in [-0.15, -0.1) is 0 Å². The largest absolute Gasteiger partial charge is 0.484 e. The zero-order valence-corrected chi connectivity index (χ0v) is 25.4. The average molecular weight is 581 g/mol. The zero-order valence-electron chi connectivity index (χ0n) is 25.4. The van der Waals surface area contributed by atoms with Crippen LogP contribution in [-0.2, 0) is 29.2 Å². The fraction of sp³-hybridized carbons (Fsp3) is 0.444. The van der Waals surface area contributed by atoms with Crippen LogP contribution in [-0.4, -0.2) is 71.4 Å². The number of para-hydroxylation sites is 1. The lowest BCUT2D eigenvalue weighted by atomic mass is 10.1. The van der Waals surface area contributed by atoms with E-state index in [1.807, 2.05) is 46.2 Å². The molecule has 0 unspecified atom stereocenters. The van der Waals surface area contributed by atoms with E-state index in [9.17, 15) is 9.59 Å². The fourth-order valence-corrected chi connectivity index (χ4v) is 7.05. The van der Waals surface area contributed by atoms with Gasteiger partial charge in [0.15, 0.2) is 6.61 Å². The number of benzene rings is 3. The van der Waals surface area contributed by atoms with Gasteiger partial charge in [0.25, 0.3) is 5.91 Å². The first-order valence-electron chi connectivity index (χ1n) is 15.9. The van der Waals surface area contributed by atoms with E-state index in [0.29, 0.717) is 31.4 Å². The van der Waals surface area contributed by atoms with E-state index >= 15 is 0 Å². The molecule has 226 valence electrons. The lowest BCUT2D eigenvalue weighted by Crippen LogP contribution is -2.46. The van der Waals surface area contributed by atoms with Gasteiger partial charge >= 0.3 is 0 Å². The first-order chi connectivity index (χ1) is 21.0. The number of anilines is 1. The maximum absolute atomic E-state index is 13.9. The summed E-state index contributed by atoms with van der Waals surface area (Å²) in [5.74, 6) is 0.712. The maximum Gasteiger partial charge on any atom is 0.260 e. The highest BCUT2D eigenvalue weighted by molar-refractivity contribution is 5.92. The summed E-state index contributed by atoms with van der Waals surface area (Å²) in [5, 5.41) is 0.